The van der Waals surface area contributed by atoms with E-state index in [1.807, 2.05) is 4.90 Å². The van der Waals surface area contributed by atoms with Gasteiger partial charge in [-0.1, -0.05) is 0 Å². The molecule has 5 nitrogen and oxygen atoms in total. The molecule has 0 aromatic rings. The second-order valence-electron chi connectivity index (χ2n) is 3.51. The van der Waals surface area contributed by atoms with E-state index < -0.39 is 9.84 Å². The standard InChI is InChI=1S/C8H15NO4S/c1-7-6-14(11,12)4-3-9(7)5-8(10)13-2/h7H,3-6H2,1-2H3. The van der Waals surface area contributed by atoms with E-state index >= 15 is 0 Å². The second kappa shape index (κ2) is 4.27. The van der Waals surface area contributed by atoms with Crippen molar-refractivity contribution in [2.24, 2.45) is 0 Å². The Balaban J connectivity index is 2.54. The summed E-state index contributed by atoms with van der Waals surface area (Å²) in [5.41, 5.74) is 0. The molecule has 0 aromatic heterocycles. The molecule has 1 saturated heterocycles. The van der Waals surface area contributed by atoms with Crippen LogP contribution in [0.5, 0.6) is 0 Å². The van der Waals surface area contributed by atoms with E-state index in [-0.39, 0.29) is 30.1 Å². The van der Waals surface area contributed by atoms with Crippen molar-refractivity contribution in [1.82, 2.24) is 4.90 Å². The first-order valence-corrected chi connectivity index (χ1v) is 6.28. The summed E-state index contributed by atoms with van der Waals surface area (Å²) in [5.74, 6) is -0.0608. The summed E-state index contributed by atoms with van der Waals surface area (Å²) in [6.45, 7) is 2.39. The van der Waals surface area contributed by atoms with Crippen molar-refractivity contribution in [2.45, 2.75) is 13.0 Å². The number of esters is 1. The van der Waals surface area contributed by atoms with Crippen molar-refractivity contribution in [3.63, 3.8) is 0 Å². The predicted molar refractivity (Wildman–Crippen MR) is 51.7 cm³/mol. The summed E-state index contributed by atoms with van der Waals surface area (Å²) < 4.78 is 27.0. The van der Waals surface area contributed by atoms with E-state index in [0.29, 0.717) is 6.54 Å². The lowest BCUT2D eigenvalue weighted by Gasteiger charge is -2.31. The lowest BCUT2D eigenvalue weighted by Crippen LogP contribution is -2.48. The molecule has 1 fully saturated rings. The van der Waals surface area contributed by atoms with Gasteiger partial charge in [0.25, 0.3) is 0 Å². The fourth-order valence-corrected chi connectivity index (χ4v) is 3.12. The Morgan fingerprint density at radius 1 is 1.57 bits per heavy atom. The largest absolute Gasteiger partial charge is 0.468 e. The van der Waals surface area contributed by atoms with E-state index in [9.17, 15) is 13.2 Å². The predicted octanol–water partition coefficient (Wildman–Crippen LogP) is -0.722. The normalized spacial score (nSPS) is 27.1. The van der Waals surface area contributed by atoms with Crippen molar-refractivity contribution >= 4 is 15.8 Å². The smallest absolute Gasteiger partial charge is 0.319 e. The van der Waals surface area contributed by atoms with Gasteiger partial charge in [-0.05, 0) is 6.92 Å². The van der Waals surface area contributed by atoms with E-state index in [1.165, 1.54) is 7.11 Å². The maximum atomic E-state index is 11.2. The molecule has 1 aliphatic rings. The summed E-state index contributed by atoms with van der Waals surface area (Å²) in [4.78, 5) is 12.8. The highest BCUT2D eigenvalue weighted by Crippen LogP contribution is 2.10. The van der Waals surface area contributed by atoms with E-state index in [2.05, 4.69) is 4.74 Å². The molecule has 1 heterocycles. The molecular weight excluding hydrogens is 206 g/mol. The summed E-state index contributed by atoms with van der Waals surface area (Å²) in [6.07, 6.45) is 0. The van der Waals surface area contributed by atoms with Crippen LogP contribution in [0.4, 0.5) is 0 Å². The Morgan fingerprint density at radius 2 is 2.21 bits per heavy atom. The quantitative estimate of drug-likeness (QED) is 0.576. The highest BCUT2D eigenvalue weighted by molar-refractivity contribution is 7.91. The number of hydrogen-bond donors (Lipinski definition) is 0. The maximum Gasteiger partial charge on any atom is 0.319 e. The monoisotopic (exact) mass is 221 g/mol. The van der Waals surface area contributed by atoms with Crippen LogP contribution < -0.4 is 0 Å². The van der Waals surface area contributed by atoms with Crippen LogP contribution in [0.3, 0.4) is 0 Å². The third kappa shape index (κ3) is 2.95. The van der Waals surface area contributed by atoms with Gasteiger partial charge in [-0.25, -0.2) is 8.42 Å². The van der Waals surface area contributed by atoms with Gasteiger partial charge in [0.05, 0.1) is 25.2 Å². The first kappa shape index (κ1) is 11.5. The number of nitrogens with zero attached hydrogens (tertiary/aromatic N) is 1. The Kier molecular flexibility index (Phi) is 3.49. The minimum Gasteiger partial charge on any atom is -0.468 e. The van der Waals surface area contributed by atoms with Gasteiger partial charge in [0.2, 0.25) is 0 Å². The summed E-state index contributed by atoms with van der Waals surface area (Å²) in [5, 5.41) is 0. The Hall–Kier alpha value is -0.620. The molecule has 14 heavy (non-hydrogen) atoms. The van der Waals surface area contributed by atoms with Gasteiger partial charge < -0.3 is 4.74 Å². The van der Waals surface area contributed by atoms with Crippen LogP contribution in [0.25, 0.3) is 0 Å². The van der Waals surface area contributed by atoms with Gasteiger partial charge in [-0.2, -0.15) is 0 Å². The van der Waals surface area contributed by atoms with E-state index in [0.717, 1.165) is 0 Å². The zero-order valence-electron chi connectivity index (χ0n) is 8.39. The van der Waals surface area contributed by atoms with Gasteiger partial charge in [-0.3, -0.25) is 9.69 Å². The highest BCUT2D eigenvalue weighted by Gasteiger charge is 2.29. The molecule has 0 amide bonds. The van der Waals surface area contributed by atoms with Gasteiger partial charge in [-0.15, -0.1) is 0 Å². The first-order valence-electron chi connectivity index (χ1n) is 4.46. The van der Waals surface area contributed by atoms with Crippen LogP contribution in [-0.2, 0) is 19.4 Å². The first-order chi connectivity index (χ1) is 6.44. The molecule has 0 saturated carbocycles. The highest BCUT2D eigenvalue weighted by atomic mass is 32.2. The fraction of sp³-hybridized carbons (Fsp3) is 0.875. The molecule has 0 aromatic carbocycles. The number of sulfone groups is 1. The maximum absolute atomic E-state index is 11.2. The van der Waals surface area contributed by atoms with Gasteiger partial charge in [0, 0.05) is 12.6 Å². The molecule has 0 spiro atoms. The summed E-state index contributed by atoms with van der Waals surface area (Å²) in [6, 6.07) is -0.104. The number of carbonyl (C=O) groups excluding carboxylic acids is 1. The summed E-state index contributed by atoms with van der Waals surface area (Å²) in [7, 11) is -1.57. The van der Waals surface area contributed by atoms with Crippen molar-refractivity contribution in [2.75, 3.05) is 31.7 Å². The number of ether oxygens (including phenoxy) is 1. The van der Waals surface area contributed by atoms with Crippen LogP contribution in [-0.4, -0.2) is 57.0 Å². The van der Waals surface area contributed by atoms with Crippen LogP contribution in [0.15, 0.2) is 0 Å². The molecule has 0 bridgehead atoms. The average molecular weight is 221 g/mol. The molecule has 0 radical (unpaired) electrons. The second-order valence-corrected chi connectivity index (χ2v) is 5.74. The molecule has 1 rings (SSSR count). The van der Waals surface area contributed by atoms with Crippen LogP contribution in [0, 0.1) is 0 Å². The minimum absolute atomic E-state index is 0.104. The lowest BCUT2D eigenvalue weighted by atomic mass is 10.3. The molecule has 6 heteroatoms. The molecule has 1 aliphatic heterocycles. The molecule has 82 valence electrons. The summed E-state index contributed by atoms with van der Waals surface area (Å²) >= 11 is 0. The van der Waals surface area contributed by atoms with Crippen LogP contribution >= 0.6 is 0 Å². The van der Waals surface area contributed by atoms with Crippen LogP contribution in [0.2, 0.25) is 0 Å². The topological polar surface area (TPSA) is 63.7 Å². The average Bonchev–Trinajstić information content (AvgIpc) is 2.09. The van der Waals surface area contributed by atoms with Crippen LogP contribution in [0.1, 0.15) is 6.92 Å². The molecule has 1 unspecified atom stereocenters. The zero-order chi connectivity index (χ0) is 10.8. The van der Waals surface area contributed by atoms with Crippen molar-refractivity contribution in [1.29, 1.82) is 0 Å². The number of rotatable bonds is 2. The number of methoxy groups -OCH3 is 1. The molecule has 0 N–H and O–H groups in total. The Labute approximate surface area is 83.9 Å². The zero-order valence-corrected chi connectivity index (χ0v) is 9.21. The van der Waals surface area contributed by atoms with E-state index in [1.54, 1.807) is 6.92 Å². The third-order valence-corrected chi connectivity index (χ3v) is 4.16. The van der Waals surface area contributed by atoms with E-state index in [4.69, 9.17) is 0 Å². The lowest BCUT2D eigenvalue weighted by molar-refractivity contribution is -0.142. The van der Waals surface area contributed by atoms with Crippen molar-refractivity contribution in [3.8, 4) is 0 Å². The molecule has 0 aliphatic carbocycles. The number of carbonyl (C=O) groups is 1. The number of hydrogen-bond acceptors (Lipinski definition) is 5. The van der Waals surface area contributed by atoms with Crippen molar-refractivity contribution < 1.29 is 17.9 Å². The Morgan fingerprint density at radius 3 is 2.71 bits per heavy atom. The van der Waals surface area contributed by atoms with Gasteiger partial charge in [0.15, 0.2) is 9.84 Å². The van der Waals surface area contributed by atoms with Crippen molar-refractivity contribution in [3.05, 3.63) is 0 Å². The van der Waals surface area contributed by atoms with Gasteiger partial charge in [0.1, 0.15) is 0 Å². The molecule has 1 atom stereocenters. The fourth-order valence-electron chi connectivity index (χ4n) is 1.50. The van der Waals surface area contributed by atoms with Gasteiger partial charge >= 0.3 is 5.97 Å². The Bertz CT molecular complexity index is 311. The SMILES string of the molecule is COC(=O)CN1CCS(=O)(=O)CC1C. The molecular formula is C8H15NO4S. The third-order valence-electron chi connectivity index (χ3n) is 2.37. The minimum atomic E-state index is -2.90.